The van der Waals surface area contributed by atoms with Gasteiger partial charge in [-0.2, -0.15) is 0 Å². The third-order valence-electron chi connectivity index (χ3n) is 10.9. The van der Waals surface area contributed by atoms with Crippen molar-refractivity contribution in [3.63, 3.8) is 0 Å². The second kappa shape index (κ2) is 8.93. The molecule has 6 aliphatic heterocycles. The minimum atomic E-state index is -3.36. The molecule has 8 rings (SSSR count). The van der Waals surface area contributed by atoms with E-state index in [4.69, 9.17) is 19.3 Å². The maximum absolute atomic E-state index is 13.5. The van der Waals surface area contributed by atoms with Crippen molar-refractivity contribution in [1.29, 1.82) is 0 Å². The summed E-state index contributed by atoms with van der Waals surface area (Å²) < 4.78 is 39.9. The van der Waals surface area contributed by atoms with Crippen molar-refractivity contribution in [1.82, 2.24) is 4.90 Å². The van der Waals surface area contributed by atoms with Crippen LogP contribution in [0.2, 0.25) is 0 Å². The minimum Gasteiger partial charge on any atom is -0.493 e. The van der Waals surface area contributed by atoms with E-state index in [-0.39, 0.29) is 29.9 Å². The summed E-state index contributed by atoms with van der Waals surface area (Å²) in [5, 5.41) is 6.85. The van der Waals surface area contributed by atoms with Crippen LogP contribution < -0.4 is 14.4 Å². The van der Waals surface area contributed by atoms with Gasteiger partial charge in [-0.3, -0.25) is 14.5 Å². The van der Waals surface area contributed by atoms with Gasteiger partial charge in [-0.25, -0.2) is 8.42 Å². The molecule has 1 aromatic carbocycles. The summed E-state index contributed by atoms with van der Waals surface area (Å²) in [5.74, 6) is 1.36. The number of methoxy groups -OCH3 is 2. The van der Waals surface area contributed by atoms with Crippen molar-refractivity contribution < 1.29 is 37.3 Å². The highest BCUT2D eigenvalue weighted by atomic mass is 32.2. The molecule has 8 unspecified atom stereocenters. The number of piperidine rings is 2. The van der Waals surface area contributed by atoms with Gasteiger partial charge < -0.3 is 24.2 Å². The molecule has 1 saturated carbocycles. The monoisotopic (exact) mass is 572 g/mol. The quantitative estimate of drug-likeness (QED) is 0.543. The third kappa shape index (κ3) is 3.31. The SMILES string of the molecule is CC1CCC(C(=O)O)S1(=O)=O.COc1cc2c(cc1OC)C13CCN4CC5=CCOC6CC(=O)N2C1C6C5CC43. The lowest BCUT2D eigenvalue weighted by atomic mass is 9.53. The maximum Gasteiger partial charge on any atom is 0.321 e. The number of fused-ring (bicyclic) bond motifs is 2. The number of carbonyl (C=O) groups excluding carboxylic acids is 1. The summed E-state index contributed by atoms with van der Waals surface area (Å²) in [4.78, 5) is 28.6. The lowest BCUT2D eigenvalue weighted by Gasteiger charge is -2.58. The first-order chi connectivity index (χ1) is 19.1. The predicted octanol–water partition coefficient (Wildman–Crippen LogP) is 2.15. The van der Waals surface area contributed by atoms with E-state index in [9.17, 15) is 18.0 Å². The molecule has 1 aliphatic carbocycles. The number of hydrogen-bond acceptors (Lipinski definition) is 8. The number of rotatable bonds is 3. The van der Waals surface area contributed by atoms with E-state index in [2.05, 4.69) is 21.9 Å². The van der Waals surface area contributed by atoms with E-state index in [1.165, 1.54) is 12.0 Å². The van der Waals surface area contributed by atoms with Gasteiger partial charge in [-0.1, -0.05) is 11.6 Å². The Morgan fingerprint density at radius 3 is 2.58 bits per heavy atom. The molecule has 4 saturated heterocycles. The molecule has 11 heteroatoms. The molecule has 5 fully saturated rings. The van der Waals surface area contributed by atoms with Crippen molar-refractivity contribution in [2.24, 2.45) is 11.8 Å². The summed E-state index contributed by atoms with van der Waals surface area (Å²) in [6.07, 6.45) is 5.84. The Balaban J connectivity index is 0.000000205. The van der Waals surface area contributed by atoms with Crippen LogP contribution >= 0.6 is 0 Å². The molecule has 2 bridgehead atoms. The van der Waals surface area contributed by atoms with Crippen LogP contribution in [0, 0.1) is 11.8 Å². The van der Waals surface area contributed by atoms with Gasteiger partial charge in [-0.15, -0.1) is 0 Å². The zero-order valence-corrected chi connectivity index (χ0v) is 23.9. The van der Waals surface area contributed by atoms with Crippen molar-refractivity contribution in [2.75, 3.05) is 38.8 Å². The highest BCUT2D eigenvalue weighted by molar-refractivity contribution is 7.93. The molecule has 0 radical (unpaired) electrons. The number of ether oxygens (including phenoxy) is 3. The van der Waals surface area contributed by atoms with Gasteiger partial charge in [0.2, 0.25) is 5.91 Å². The molecule has 1 amide bonds. The van der Waals surface area contributed by atoms with Crippen LogP contribution in [0.1, 0.15) is 44.6 Å². The summed E-state index contributed by atoms with van der Waals surface area (Å²) in [7, 11) is -0.00430. The number of benzene rings is 1. The molecule has 1 N–H and O–H groups in total. The summed E-state index contributed by atoms with van der Waals surface area (Å²) >= 11 is 0. The van der Waals surface area contributed by atoms with Crippen LogP contribution in [0.25, 0.3) is 0 Å². The first kappa shape index (κ1) is 26.3. The normalized spacial score (nSPS) is 39.5. The van der Waals surface area contributed by atoms with Gasteiger partial charge in [0.25, 0.3) is 0 Å². The Kier molecular flexibility index (Phi) is 5.87. The number of aliphatic carboxylic acids is 1. The Morgan fingerprint density at radius 2 is 1.93 bits per heavy atom. The number of sulfone groups is 1. The van der Waals surface area contributed by atoms with Crippen LogP contribution in [-0.2, 0) is 29.6 Å². The van der Waals surface area contributed by atoms with Crippen LogP contribution in [0.15, 0.2) is 23.8 Å². The van der Waals surface area contributed by atoms with Crippen LogP contribution in [0.4, 0.5) is 5.69 Å². The van der Waals surface area contributed by atoms with Crippen LogP contribution in [0.5, 0.6) is 11.5 Å². The zero-order valence-electron chi connectivity index (χ0n) is 23.0. The van der Waals surface area contributed by atoms with Crippen LogP contribution in [0.3, 0.4) is 0 Å². The Labute approximate surface area is 234 Å². The van der Waals surface area contributed by atoms with Gasteiger partial charge >= 0.3 is 5.97 Å². The number of hydrogen-bond donors (Lipinski definition) is 1. The molecule has 7 aliphatic rings. The minimum absolute atomic E-state index is 0.0242. The highest BCUT2D eigenvalue weighted by Gasteiger charge is 2.71. The van der Waals surface area contributed by atoms with Crippen molar-refractivity contribution in [3.8, 4) is 11.5 Å². The largest absolute Gasteiger partial charge is 0.493 e. The number of carbonyl (C=O) groups is 2. The van der Waals surface area contributed by atoms with Crippen molar-refractivity contribution in [3.05, 3.63) is 29.3 Å². The fraction of sp³-hybridized carbons (Fsp3) is 0.655. The lowest BCUT2D eigenvalue weighted by Crippen LogP contribution is -2.69. The number of amides is 1. The lowest BCUT2D eigenvalue weighted by molar-refractivity contribution is -0.136. The topological polar surface area (TPSA) is 123 Å². The first-order valence-corrected chi connectivity index (χ1v) is 15.8. The standard InChI is InChI=1S/C23H26N2O4.C6H10O4S/c1-27-16-8-14-15(9-17(16)28-2)25-20(26)10-18-21-13-7-19-23(14,22(21)25)4-5-24(19)11-12(13)3-6-29-18;1-4-2-3-5(6(7)8)11(4,9)10/h3,8-9,13,18-19,21-22H,4-7,10-11H2,1-2H3;4-5H,2-3H2,1H3,(H,7,8). The van der Waals surface area contributed by atoms with Gasteiger partial charge in [0, 0.05) is 30.0 Å². The zero-order chi connectivity index (χ0) is 28.1. The smallest absolute Gasteiger partial charge is 0.321 e. The van der Waals surface area contributed by atoms with E-state index < -0.39 is 26.3 Å². The summed E-state index contributed by atoms with van der Waals surface area (Å²) in [6.45, 7) is 4.36. The van der Waals surface area contributed by atoms with Gasteiger partial charge in [0.05, 0.1) is 50.3 Å². The Bertz CT molecular complexity index is 1420. The second-order valence-corrected chi connectivity index (χ2v) is 14.8. The highest BCUT2D eigenvalue weighted by Crippen LogP contribution is 2.66. The number of carboxylic acids is 1. The fourth-order valence-corrected chi connectivity index (χ4v) is 10.9. The molecule has 216 valence electrons. The molecular formula is C29H36N2O8S. The average Bonchev–Trinajstić information content (AvgIpc) is 3.50. The summed E-state index contributed by atoms with van der Waals surface area (Å²) in [5.41, 5.74) is 3.85. The number of anilines is 1. The Hall–Kier alpha value is -2.63. The second-order valence-electron chi connectivity index (χ2n) is 12.3. The van der Waals surface area contributed by atoms with Crippen molar-refractivity contribution in [2.45, 2.75) is 73.1 Å². The molecular weight excluding hydrogens is 536 g/mol. The van der Waals surface area contributed by atoms with E-state index in [1.807, 2.05) is 6.07 Å². The summed E-state index contributed by atoms with van der Waals surface area (Å²) in [6, 6.07) is 4.87. The Morgan fingerprint density at radius 1 is 1.18 bits per heavy atom. The molecule has 6 heterocycles. The molecule has 0 aromatic heterocycles. The van der Waals surface area contributed by atoms with E-state index in [0.717, 1.165) is 30.9 Å². The third-order valence-corrected chi connectivity index (χ3v) is 13.5. The fourth-order valence-electron chi connectivity index (χ4n) is 9.13. The van der Waals surface area contributed by atoms with E-state index in [1.54, 1.807) is 26.7 Å². The molecule has 10 nitrogen and oxygen atoms in total. The predicted molar refractivity (Wildman–Crippen MR) is 146 cm³/mol. The maximum atomic E-state index is 13.5. The molecule has 8 atom stereocenters. The van der Waals surface area contributed by atoms with Gasteiger partial charge in [0.1, 0.15) is 0 Å². The molecule has 40 heavy (non-hydrogen) atoms. The van der Waals surface area contributed by atoms with Gasteiger partial charge in [0.15, 0.2) is 26.6 Å². The van der Waals surface area contributed by atoms with Gasteiger partial charge in [-0.05, 0) is 56.7 Å². The molecule has 1 spiro atoms. The van der Waals surface area contributed by atoms with Crippen molar-refractivity contribution >= 4 is 27.4 Å². The number of nitrogens with zero attached hydrogens (tertiary/aromatic N) is 2. The van der Waals surface area contributed by atoms with E-state index in [0.29, 0.717) is 43.1 Å². The molecule has 1 aromatic rings. The van der Waals surface area contributed by atoms with Crippen LogP contribution in [-0.4, -0.2) is 92.9 Å². The first-order valence-electron chi connectivity index (χ1n) is 14.2. The number of carboxylic acid groups (broad SMARTS) is 1. The van der Waals surface area contributed by atoms with E-state index >= 15 is 0 Å². The average molecular weight is 573 g/mol.